The molecule has 0 aromatic rings. The molecule has 1 aliphatic heterocycles. The fourth-order valence-corrected chi connectivity index (χ4v) is 2.13. The molecule has 0 bridgehead atoms. The van der Waals surface area contributed by atoms with Gasteiger partial charge < -0.3 is 19.3 Å². The highest BCUT2D eigenvalue weighted by molar-refractivity contribution is 5.70. The number of ether oxygens (including phenoxy) is 3. The van der Waals surface area contributed by atoms with E-state index in [4.69, 9.17) is 19.3 Å². The Labute approximate surface area is 125 Å². The molecule has 6 heteroatoms. The summed E-state index contributed by atoms with van der Waals surface area (Å²) >= 11 is 0. The van der Waals surface area contributed by atoms with Crippen molar-refractivity contribution < 1.29 is 28.9 Å². The number of unbranched alkanes of at least 4 members (excludes halogenated alkanes) is 1. The maximum Gasteiger partial charge on any atom is 0.308 e. The first-order valence-electron chi connectivity index (χ1n) is 7.72. The number of carboxylic acid groups (broad SMARTS) is 1. The number of hydrogen-bond acceptors (Lipinski definition) is 5. The molecular formula is C15H26O6. The third kappa shape index (κ3) is 8.67. The van der Waals surface area contributed by atoms with Crippen LogP contribution in [-0.2, 0) is 23.8 Å². The fraction of sp³-hybridized carbons (Fsp3) is 0.867. The summed E-state index contributed by atoms with van der Waals surface area (Å²) in [6, 6.07) is 0. The summed E-state index contributed by atoms with van der Waals surface area (Å²) in [7, 11) is 0. The number of carboxylic acids is 1. The van der Waals surface area contributed by atoms with Crippen LogP contribution in [0.15, 0.2) is 0 Å². The van der Waals surface area contributed by atoms with Crippen molar-refractivity contribution in [2.75, 3.05) is 19.8 Å². The molecular weight excluding hydrogens is 276 g/mol. The smallest absolute Gasteiger partial charge is 0.308 e. The minimum absolute atomic E-state index is 0.00416. The maximum atomic E-state index is 11.8. The summed E-state index contributed by atoms with van der Waals surface area (Å²) < 4.78 is 16.1. The first kappa shape index (κ1) is 17.9. The zero-order valence-corrected chi connectivity index (χ0v) is 12.7. The summed E-state index contributed by atoms with van der Waals surface area (Å²) in [5.41, 5.74) is 0. The molecule has 0 spiro atoms. The maximum absolute atomic E-state index is 11.8. The van der Waals surface area contributed by atoms with Crippen LogP contribution in [0.25, 0.3) is 0 Å². The predicted octanol–water partition coefficient (Wildman–Crippen LogP) is 2.15. The van der Waals surface area contributed by atoms with Gasteiger partial charge in [0.25, 0.3) is 0 Å². The van der Waals surface area contributed by atoms with Crippen LogP contribution < -0.4 is 0 Å². The molecule has 1 rings (SSSR count). The number of hydrogen-bond donors (Lipinski definition) is 1. The topological polar surface area (TPSA) is 82.1 Å². The Kier molecular flexibility index (Phi) is 9.01. The standard InChI is InChI=1S/C15H26O6/c1-2-3-8-19-12(6-7-14(16)17)10-15(18)21-11-13-5-4-9-20-13/h12-13H,2-11H2,1H3,(H,16,17). The van der Waals surface area contributed by atoms with Crippen molar-refractivity contribution in [1.29, 1.82) is 0 Å². The van der Waals surface area contributed by atoms with E-state index in [0.29, 0.717) is 13.0 Å². The van der Waals surface area contributed by atoms with E-state index in [1.54, 1.807) is 0 Å². The fourth-order valence-electron chi connectivity index (χ4n) is 2.13. The summed E-state index contributed by atoms with van der Waals surface area (Å²) in [6.45, 7) is 3.59. The number of aliphatic carboxylic acids is 1. The first-order chi connectivity index (χ1) is 10.1. The third-order valence-electron chi connectivity index (χ3n) is 3.38. The van der Waals surface area contributed by atoms with Crippen LogP contribution in [-0.4, -0.2) is 49.1 Å². The normalized spacial score (nSPS) is 19.4. The number of esters is 1. The summed E-state index contributed by atoms with van der Waals surface area (Å²) in [5.74, 6) is -1.23. The lowest BCUT2D eigenvalue weighted by Gasteiger charge is -2.17. The summed E-state index contributed by atoms with van der Waals surface area (Å²) in [4.78, 5) is 22.4. The van der Waals surface area contributed by atoms with E-state index in [-0.39, 0.29) is 37.6 Å². The Bertz CT molecular complexity index is 311. The van der Waals surface area contributed by atoms with E-state index < -0.39 is 5.97 Å². The molecule has 21 heavy (non-hydrogen) atoms. The lowest BCUT2D eigenvalue weighted by molar-refractivity contribution is -0.151. The van der Waals surface area contributed by atoms with Crippen LogP contribution in [0.5, 0.6) is 0 Å². The average Bonchev–Trinajstić information content (AvgIpc) is 2.96. The second kappa shape index (κ2) is 10.6. The molecule has 0 amide bonds. The molecule has 1 heterocycles. The van der Waals surface area contributed by atoms with Gasteiger partial charge in [-0.3, -0.25) is 9.59 Å². The van der Waals surface area contributed by atoms with Crippen LogP contribution in [0, 0.1) is 0 Å². The summed E-state index contributed by atoms with van der Waals surface area (Å²) in [6.07, 6.45) is 3.86. The molecule has 1 fully saturated rings. The number of carbonyl (C=O) groups excluding carboxylic acids is 1. The number of carbonyl (C=O) groups is 2. The van der Waals surface area contributed by atoms with Gasteiger partial charge in [-0.25, -0.2) is 0 Å². The lowest BCUT2D eigenvalue weighted by Crippen LogP contribution is -2.24. The van der Waals surface area contributed by atoms with Gasteiger partial charge in [-0.1, -0.05) is 13.3 Å². The molecule has 1 aliphatic rings. The van der Waals surface area contributed by atoms with E-state index in [0.717, 1.165) is 32.3 Å². The van der Waals surface area contributed by atoms with E-state index in [2.05, 4.69) is 0 Å². The van der Waals surface area contributed by atoms with Gasteiger partial charge in [0.15, 0.2) is 0 Å². The van der Waals surface area contributed by atoms with Crippen LogP contribution >= 0.6 is 0 Å². The summed E-state index contributed by atoms with van der Waals surface area (Å²) in [5, 5.41) is 8.73. The molecule has 0 aromatic carbocycles. The lowest BCUT2D eigenvalue weighted by atomic mass is 10.1. The van der Waals surface area contributed by atoms with Gasteiger partial charge in [-0.15, -0.1) is 0 Å². The van der Waals surface area contributed by atoms with E-state index in [9.17, 15) is 9.59 Å². The Balaban J connectivity index is 2.26. The molecule has 1 saturated heterocycles. The van der Waals surface area contributed by atoms with Crippen LogP contribution in [0.4, 0.5) is 0 Å². The van der Waals surface area contributed by atoms with Crippen molar-refractivity contribution in [3.63, 3.8) is 0 Å². The average molecular weight is 302 g/mol. The highest BCUT2D eigenvalue weighted by Gasteiger charge is 2.20. The Morgan fingerprint density at radius 3 is 2.86 bits per heavy atom. The molecule has 0 radical (unpaired) electrons. The van der Waals surface area contributed by atoms with Gasteiger partial charge in [-0.2, -0.15) is 0 Å². The number of rotatable bonds is 11. The van der Waals surface area contributed by atoms with Crippen LogP contribution in [0.1, 0.15) is 51.9 Å². The van der Waals surface area contributed by atoms with Crippen molar-refractivity contribution in [2.24, 2.45) is 0 Å². The van der Waals surface area contributed by atoms with E-state index in [1.165, 1.54) is 0 Å². The SMILES string of the molecule is CCCCOC(CCC(=O)O)CC(=O)OCC1CCCO1. The second-order valence-corrected chi connectivity index (χ2v) is 5.30. The molecule has 1 N–H and O–H groups in total. The van der Waals surface area contributed by atoms with E-state index in [1.807, 2.05) is 6.92 Å². The Morgan fingerprint density at radius 1 is 1.43 bits per heavy atom. The van der Waals surface area contributed by atoms with Gasteiger partial charge in [0.1, 0.15) is 6.61 Å². The largest absolute Gasteiger partial charge is 0.481 e. The van der Waals surface area contributed by atoms with Gasteiger partial charge >= 0.3 is 11.9 Å². The zero-order chi connectivity index (χ0) is 15.5. The van der Waals surface area contributed by atoms with E-state index >= 15 is 0 Å². The van der Waals surface area contributed by atoms with Crippen LogP contribution in [0.3, 0.4) is 0 Å². The minimum Gasteiger partial charge on any atom is -0.481 e. The second-order valence-electron chi connectivity index (χ2n) is 5.30. The van der Waals surface area contributed by atoms with Gasteiger partial charge in [0.2, 0.25) is 0 Å². The first-order valence-corrected chi connectivity index (χ1v) is 7.72. The van der Waals surface area contributed by atoms with Crippen molar-refractivity contribution in [3.8, 4) is 0 Å². The third-order valence-corrected chi connectivity index (χ3v) is 3.38. The zero-order valence-electron chi connectivity index (χ0n) is 12.7. The monoisotopic (exact) mass is 302 g/mol. The van der Waals surface area contributed by atoms with Crippen molar-refractivity contribution in [2.45, 2.75) is 64.1 Å². The molecule has 0 aliphatic carbocycles. The molecule has 6 nitrogen and oxygen atoms in total. The minimum atomic E-state index is -0.883. The predicted molar refractivity (Wildman–Crippen MR) is 76.1 cm³/mol. The van der Waals surface area contributed by atoms with Crippen molar-refractivity contribution in [3.05, 3.63) is 0 Å². The highest BCUT2D eigenvalue weighted by Crippen LogP contribution is 2.14. The Hall–Kier alpha value is -1.14. The Morgan fingerprint density at radius 2 is 2.24 bits per heavy atom. The molecule has 2 unspecified atom stereocenters. The quantitative estimate of drug-likeness (QED) is 0.465. The molecule has 0 saturated carbocycles. The molecule has 0 aromatic heterocycles. The molecule has 2 atom stereocenters. The van der Waals surface area contributed by atoms with Gasteiger partial charge in [0, 0.05) is 19.6 Å². The van der Waals surface area contributed by atoms with Gasteiger partial charge in [0.05, 0.1) is 18.6 Å². The van der Waals surface area contributed by atoms with Crippen LogP contribution in [0.2, 0.25) is 0 Å². The van der Waals surface area contributed by atoms with Crippen molar-refractivity contribution >= 4 is 11.9 Å². The van der Waals surface area contributed by atoms with Gasteiger partial charge in [-0.05, 0) is 25.7 Å². The highest BCUT2D eigenvalue weighted by atomic mass is 16.6. The molecule has 122 valence electrons. The van der Waals surface area contributed by atoms with Crippen molar-refractivity contribution in [1.82, 2.24) is 0 Å².